The van der Waals surface area contributed by atoms with Crippen LogP contribution in [0.5, 0.6) is 0 Å². The van der Waals surface area contributed by atoms with Gasteiger partial charge in [-0.3, -0.25) is 4.79 Å². The summed E-state index contributed by atoms with van der Waals surface area (Å²) in [5.41, 5.74) is 3.66. The van der Waals surface area contributed by atoms with Crippen molar-refractivity contribution in [1.82, 2.24) is 9.97 Å². The van der Waals surface area contributed by atoms with Gasteiger partial charge in [0.1, 0.15) is 5.82 Å². The lowest BCUT2D eigenvalue weighted by atomic mass is 10.0. The third kappa shape index (κ3) is 2.28. The molecule has 0 amide bonds. The van der Waals surface area contributed by atoms with E-state index in [1.165, 1.54) is 5.56 Å². The van der Waals surface area contributed by atoms with Gasteiger partial charge in [0.25, 0.3) is 5.56 Å². The molecule has 1 aromatic carbocycles. The molecule has 0 bridgehead atoms. The molecule has 3 nitrogen and oxygen atoms in total. The second-order valence-corrected chi connectivity index (χ2v) is 4.18. The zero-order valence-electron chi connectivity index (χ0n) is 10.4. The molecular formula is C14H16N2O. The molecule has 0 saturated heterocycles. The minimum atomic E-state index is -0.0629. The molecule has 0 aliphatic heterocycles. The fraction of sp³-hybridized carbons (Fsp3) is 0.286. The van der Waals surface area contributed by atoms with Crippen LogP contribution < -0.4 is 5.56 Å². The van der Waals surface area contributed by atoms with Crippen LogP contribution in [-0.2, 0) is 6.42 Å². The Bertz CT molecular complexity index is 582. The third-order valence-corrected chi connectivity index (χ3v) is 2.91. The van der Waals surface area contributed by atoms with E-state index in [0.717, 1.165) is 17.7 Å². The van der Waals surface area contributed by atoms with Gasteiger partial charge in [-0.05, 0) is 25.8 Å². The molecule has 17 heavy (non-hydrogen) atoms. The maximum Gasteiger partial charge on any atom is 0.254 e. The van der Waals surface area contributed by atoms with Crippen LogP contribution in [0.3, 0.4) is 0 Å². The summed E-state index contributed by atoms with van der Waals surface area (Å²) < 4.78 is 0. The Kier molecular flexibility index (Phi) is 3.09. The van der Waals surface area contributed by atoms with Crippen molar-refractivity contribution in [3.63, 3.8) is 0 Å². The van der Waals surface area contributed by atoms with E-state index in [-0.39, 0.29) is 5.56 Å². The molecule has 1 heterocycles. The van der Waals surface area contributed by atoms with E-state index >= 15 is 0 Å². The van der Waals surface area contributed by atoms with E-state index in [1.807, 2.05) is 12.1 Å². The van der Waals surface area contributed by atoms with Crippen molar-refractivity contribution in [2.24, 2.45) is 0 Å². The standard InChI is InChI=1S/C14H16N2O/c1-4-11-5-7-12(8-6-11)13-9(2)14(17)16-10(3)15-13/h5-8H,4H2,1-3H3,(H,15,16,17). The molecule has 2 aromatic rings. The smallest absolute Gasteiger partial charge is 0.254 e. The summed E-state index contributed by atoms with van der Waals surface area (Å²) in [5, 5.41) is 0. The molecule has 3 heteroatoms. The minimum Gasteiger partial charge on any atom is -0.311 e. The Hall–Kier alpha value is -1.90. The largest absolute Gasteiger partial charge is 0.311 e. The highest BCUT2D eigenvalue weighted by atomic mass is 16.1. The molecule has 1 aromatic heterocycles. The van der Waals surface area contributed by atoms with E-state index in [9.17, 15) is 4.79 Å². The maximum atomic E-state index is 11.7. The van der Waals surface area contributed by atoms with Crippen molar-refractivity contribution in [2.45, 2.75) is 27.2 Å². The quantitative estimate of drug-likeness (QED) is 0.858. The highest BCUT2D eigenvalue weighted by molar-refractivity contribution is 5.62. The van der Waals surface area contributed by atoms with Crippen molar-refractivity contribution in [3.05, 3.63) is 51.6 Å². The summed E-state index contributed by atoms with van der Waals surface area (Å²) in [5.74, 6) is 0.648. The first-order chi connectivity index (χ1) is 8.11. The molecule has 0 aliphatic rings. The second-order valence-electron chi connectivity index (χ2n) is 4.18. The Morgan fingerprint density at radius 2 is 1.82 bits per heavy atom. The van der Waals surface area contributed by atoms with Crippen LogP contribution in [-0.4, -0.2) is 9.97 Å². The molecule has 0 saturated carbocycles. The van der Waals surface area contributed by atoms with Gasteiger partial charge < -0.3 is 4.98 Å². The molecule has 0 spiro atoms. The van der Waals surface area contributed by atoms with E-state index in [0.29, 0.717) is 11.4 Å². The first-order valence-electron chi connectivity index (χ1n) is 5.78. The fourth-order valence-electron chi connectivity index (χ4n) is 1.82. The van der Waals surface area contributed by atoms with Crippen molar-refractivity contribution in [1.29, 1.82) is 0 Å². The highest BCUT2D eigenvalue weighted by Gasteiger charge is 2.07. The molecule has 1 N–H and O–H groups in total. The number of nitrogens with zero attached hydrogens (tertiary/aromatic N) is 1. The number of rotatable bonds is 2. The number of aromatic amines is 1. The van der Waals surface area contributed by atoms with Crippen LogP contribution in [0.2, 0.25) is 0 Å². The van der Waals surface area contributed by atoms with E-state index in [1.54, 1.807) is 13.8 Å². The molecule has 0 fully saturated rings. The number of nitrogens with one attached hydrogen (secondary N) is 1. The number of hydrogen-bond donors (Lipinski definition) is 1. The van der Waals surface area contributed by atoms with Crippen molar-refractivity contribution in [3.8, 4) is 11.3 Å². The summed E-state index contributed by atoms with van der Waals surface area (Å²) in [6.07, 6.45) is 1.01. The van der Waals surface area contributed by atoms with Gasteiger partial charge >= 0.3 is 0 Å². The maximum absolute atomic E-state index is 11.7. The number of hydrogen-bond acceptors (Lipinski definition) is 2. The number of aromatic nitrogens is 2. The molecule has 88 valence electrons. The lowest BCUT2D eigenvalue weighted by Gasteiger charge is -2.06. The summed E-state index contributed by atoms with van der Waals surface area (Å²) in [4.78, 5) is 18.8. The predicted octanol–water partition coefficient (Wildman–Crippen LogP) is 2.62. The molecule has 2 rings (SSSR count). The van der Waals surface area contributed by atoms with Crippen LogP contribution in [0.1, 0.15) is 23.9 Å². The van der Waals surface area contributed by atoms with E-state index in [2.05, 4.69) is 29.0 Å². The lowest BCUT2D eigenvalue weighted by Crippen LogP contribution is -2.14. The van der Waals surface area contributed by atoms with Gasteiger partial charge in [0, 0.05) is 11.1 Å². The first-order valence-corrected chi connectivity index (χ1v) is 5.78. The monoisotopic (exact) mass is 228 g/mol. The molecule has 0 aliphatic carbocycles. The van der Waals surface area contributed by atoms with Crippen molar-refractivity contribution >= 4 is 0 Å². The van der Waals surface area contributed by atoms with Gasteiger partial charge in [-0.1, -0.05) is 31.2 Å². The van der Waals surface area contributed by atoms with Crippen LogP contribution in [0.4, 0.5) is 0 Å². The average Bonchev–Trinajstić information content (AvgIpc) is 2.34. The summed E-state index contributed by atoms with van der Waals surface area (Å²) in [6.45, 7) is 5.72. The lowest BCUT2D eigenvalue weighted by molar-refractivity contribution is 0.999. The van der Waals surface area contributed by atoms with Gasteiger partial charge in [-0.2, -0.15) is 0 Å². The van der Waals surface area contributed by atoms with E-state index in [4.69, 9.17) is 0 Å². The summed E-state index contributed by atoms with van der Waals surface area (Å²) >= 11 is 0. The first kappa shape index (κ1) is 11.6. The van der Waals surface area contributed by atoms with Crippen LogP contribution in [0.25, 0.3) is 11.3 Å². The topological polar surface area (TPSA) is 45.8 Å². The molecule has 0 radical (unpaired) electrons. The minimum absolute atomic E-state index is 0.0629. The number of H-pyrrole nitrogens is 1. The van der Waals surface area contributed by atoms with Crippen LogP contribution in [0, 0.1) is 13.8 Å². The second kappa shape index (κ2) is 4.53. The van der Waals surface area contributed by atoms with Crippen LogP contribution >= 0.6 is 0 Å². The SMILES string of the molecule is CCc1ccc(-c2nc(C)[nH]c(=O)c2C)cc1. The average molecular weight is 228 g/mol. The van der Waals surface area contributed by atoms with E-state index < -0.39 is 0 Å². The highest BCUT2D eigenvalue weighted by Crippen LogP contribution is 2.19. The fourth-order valence-corrected chi connectivity index (χ4v) is 1.82. The Labute approximate surface area is 101 Å². The van der Waals surface area contributed by atoms with Gasteiger partial charge in [-0.25, -0.2) is 4.98 Å². The number of benzene rings is 1. The zero-order valence-corrected chi connectivity index (χ0v) is 10.4. The molecular weight excluding hydrogens is 212 g/mol. The zero-order chi connectivity index (χ0) is 12.4. The van der Waals surface area contributed by atoms with Gasteiger partial charge in [0.15, 0.2) is 0 Å². The Balaban J connectivity index is 2.56. The molecule has 0 unspecified atom stereocenters. The van der Waals surface area contributed by atoms with Gasteiger partial charge in [0.05, 0.1) is 5.69 Å². The third-order valence-electron chi connectivity index (χ3n) is 2.91. The van der Waals surface area contributed by atoms with Crippen molar-refractivity contribution < 1.29 is 0 Å². The van der Waals surface area contributed by atoms with Gasteiger partial charge in [0.2, 0.25) is 0 Å². The Morgan fingerprint density at radius 3 is 2.41 bits per heavy atom. The summed E-state index contributed by atoms with van der Waals surface area (Å²) in [7, 11) is 0. The van der Waals surface area contributed by atoms with Crippen molar-refractivity contribution in [2.75, 3.05) is 0 Å². The number of aryl methyl sites for hydroxylation is 2. The molecule has 0 atom stereocenters. The Morgan fingerprint density at radius 1 is 1.18 bits per heavy atom. The normalized spacial score (nSPS) is 10.5. The van der Waals surface area contributed by atoms with Gasteiger partial charge in [-0.15, -0.1) is 0 Å². The van der Waals surface area contributed by atoms with Crippen LogP contribution in [0.15, 0.2) is 29.1 Å². The predicted molar refractivity (Wildman–Crippen MR) is 69.1 cm³/mol. The summed E-state index contributed by atoms with van der Waals surface area (Å²) in [6, 6.07) is 8.19.